The maximum atomic E-state index is 11.7. The Morgan fingerprint density at radius 1 is 1.29 bits per heavy atom. The highest BCUT2D eigenvalue weighted by molar-refractivity contribution is 6.24. The fraction of sp³-hybridized carbons (Fsp3) is 0.364. The maximum Gasteiger partial charge on any atom is 0.334 e. The average molecular weight is 235 g/mol. The normalized spacial score (nSPS) is 38.4. The minimum absolute atomic E-state index is 0.00333. The van der Waals surface area contributed by atoms with Gasteiger partial charge in [0.2, 0.25) is 0 Å². The Morgan fingerprint density at radius 3 is 2.47 bits per heavy atom. The number of hydrogen-bond donors (Lipinski definition) is 2. The fourth-order valence-corrected chi connectivity index (χ4v) is 2.88. The Bertz CT molecular complexity index is 572. The van der Waals surface area contributed by atoms with Crippen molar-refractivity contribution < 1.29 is 24.2 Å². The van der Waals surface area contributed by atoms with Gasteiger partial charge >= 0.3 is 5.97 Å². The van der Waals surface area contributed by atoms with Gasteiger partial charge < -0.3 is 9.84 Å². The lowest BCUT2D eigenvalue weighted by Crippen LogP contribution is -2.39. The molecule has 17 heavy (non-hydrogen) atoms. The quantitative estimate of drug-likeness (QED) is 0.598. The molecule has 0 fully saturated rings. The Labute approximate surface area is 95.9 Å². The van der Waals surface area contributed by atoms with Crippen LogP contribution in [0, 0.1) is 0 Å². The summed E-state index contributed by atoms with van der Waals surface area (Å²) in [6.45, 7) is 3.08. The first-order valence-electron chi connectivity index (χ1n) is 5.07. The smallest absolute Gasteiger partial charge is 0.334 e. The first-order valence-corrected chi connectivity index (χ1v) is 5.07. The van der Waals surface area contributed by atoms with E-state index in [9.17, 15) is 14.4 Å². The van der Waals surface area contributed by atoms with Crippen LogP contribution in [-0.4, -0.2) is 34.1 Å². The molecule has 0 aliphatic carbocycles. The van der Waals surface area contributed by atoms with Crippen molar-refractivity contribution in [3.63, 3.8) is 0 Å². The number of carbonyl (C=O) groups is 3. The maximum absolute atomic E-state index is 11.7. The Morgan fingerprint density at radius 2 is 1.88 bits per heavy atom. The third kappa shape index (κ3) is 0.922. The van der Waals surface area contributed by atoms with E-state index in [-0.39, 0.29) is 16.7 Å². The van der Waals surface area contributed by atoms with Gasteiger partial charge in [0, 0.05) is 0 Å². The first kappa shape index (κ1) is 10.2. The highest BCUT2D eigenvalue weighted by Gasteiger charge is 2.64. The molecule has 6 nitrogen and oxygen atoms in total. The lowest BCUT2D eigenvalue weighted by Gasteiger charge is -2.24. The molecule has 2 unspecified atom stereocenters. The standard InChI is InChI=1S/C11H9NO5/c1-10-3-4(9(15)16)11(2,17-10)6-5(10)7(13)12-8(6)14/h3H,1-2H3,(H,15,16)(H,12,13,14). The first-order chi connectivity index (χ1) is 7.79. The van der Waals surface area contributed by atoms with E-state index in [0.717, 1.165) is 0 Å². The van der Waals surface area contributed by atoms with Crippen LogP contribution in [0.1, 0.15) is 13.8 Å². The van der Waals surface area contributed by atoms with Crippen molar-refractivity contribution in [2.45, 2.75) is 25.0 Å². The van der Waals surface area contributed by atoms with Crippen LogP contribution in [-0.2, 0) is 19.1 Å². The third-order valence-corrected chi connectivity index (χ3v) is 3.48. The molecule has 2 atom stereocenters. The highest BCUT2D eigenvalue weighted by Crippen LogP contribution is 2.54. The van der Waals surface area contributed by atoms with Crippen molar-refractivity contribution >= 4 is 17.8 Å². The molecule has 3 rings (SSSR count). The molecule has 3 heterocycles. The number of ether oxygens (including phenoxy) is 1. The van der Waals surface area contributed by atoms with Crippen LogP contribution in [0.2, 0.25) is 0 Å². The molecule has 0 aromatic heterocycles. The molecule has 0 spiro atoms. The van der Waals surface area contributed by atoms with Gasteiger partial charge in [-0.05, 0) is 19.9 Å². The van der Waals surface area contributed by atoms with E-state index in [4.69, 9.17) is 9.84 Å². The highest BCUT2D eigenvalue weighted by atomic mass is 16.5. The Hall–Kier alpha value is -1.95. The van der Waals surface area contributed by atoms with Crippen molar-refractivity contribution in [1.29, 1.82) is 0 Å². The number of carboxylic acid groups (broad SMARTS) is 1. The van der Waals surface area contributed by atoms with Crippen LogP contribution in [0.4, 0.5) is 0 Å². The SMILES string of the molecule is CC12C=C(C(=O)O)C(C)(O1)C1=C2C(=O)NC1=O. The van der Waals surface area contributed by atoms with Crippen LogP contribution in [0.3, 0.4) is 0 Å². The topological polar surface area (TPSA) is 92.7 Å². The van der Waals surface area contributed by atoms with E-state index in [1.165, 1.54) is 13.0 Å². The average Bonchev–Trinajstić information content (AvgIpc) is 2.71. The lowest BCUT2D eigenvalue weighted by molar-refractivity contribution is -0.134. The number of hydrogen-bond acceptors (Lipinski definition) is 4. The predicted molar refractivity (Wildman–Crippen MR) is 53.8 cm³/mol. The van der Waals surface area contributed by atoms with Crippen LogP contribution in [0.5, 0.6) is 0 Å². The van der Waals surface area contributed by atoms with Gasteiger partial charge in [-0.1, -0.05) is 0 Å². The number of carboxylic acids is 1. The van der Waals surface area contributed by atoms with Gasteiger partial charge in [-0.25, -0.2) is 4.79 Å². The molecule has 0 aromatic carbocycles. The second kappa shape index (κ2) is 2.48. The molecule has 0 aromatic rings. The largest absolute Gasteiger partial charge is 0.478 e. The number of carbonyl (C=O) groups excluding carboxylic acids is 2. The third-order valence-electron chi connectivity index (χ3n) is 3.48. The van der Waals surface area contributed by atoms with Gasteiger partial charge in [0.25, 0.3) is 11.8 Å². The lowest BCUT2D eigenvalue weighted by atomic mass is 9.79. The second-order valence-electron chi connectivity index (χ2n) is 4.64. The summed E-state index contributed by atoms with van der Waals surface area (Å²) in [5, 5.41) is 11.3. The summed E-state index contributed by atoms with van der Waals surface area (Å²) >= 11 is 0. The van der Waals surface area contributed by atoms with Gasteiger partial charge in [0.05, 0.1) is 16.7 Å². The number of imide groups is 1. The zero-order valence-corrected chi connectivity index (χ0v) is 9.16. The van der Waals surface area contributed by atoms with Gasteiger partial charge in [-0.2, -0.15) is 0 Å². The van der Waals surface area contributed by atoms with Crippen molar-refractivity contribution in [2.24, 2.45) is 0 Å². The minimum atomic E-state index is -1.33. The van der Waals surface area contributed by atoms with Gasteiger partial charge in [-0.3, -0.25) is 14.9 Å². The summed E-state index contributed by atoms with van der Waals surface area (Å²) < 4.78 is 5.60. The summed E-state index contributed by atoms with van der Waals surface area (Å²) in [7, 11) is 0. The molecule has 88 valence electrons. The minimum Gasteiger partial charge on any atom is -0.478 e. The van der Waals surface area contributed by atoms with E-state index in [1.54, 1.807) is 6.92 Å². The molecule has 2 N–H and O–H groups in total. The summed E-state index contributed by atoms with van der Waals surface area (Å²) in [5.41, 5.74) is -2.08. The monoisotopic (exact) mass is 235 g/mol. The molecule has 3 aliphatic rings. The summed E-state index contributed by atoms with van der Waals surface area (Å²) in [4.78, 5) is 34.4. The molecule has 2 bridgehead atoms. The molecule has 0 saturated heterocycles. The molecule has 2 amide bonds. The predicted octanol–water partition coefficient (Wildman–Crippen LogP) is -0.488. The number of rotatable bonds is 1. The van der Waals surface area contributed by atoms with Crippen LogP contribution < -0.4 is 5.32 Å². The van der Waals surface area contributed by atoms with E-state index in [2.05, 4.69) is 5.32 Å². The van der Waals surface area contributed by atoms with Gasteiger partial charge in [0.1, 0.15) is 11.2 Å². The molecular weight excluding hydrogens is 226 g/mol. The number of fused-ring (bicyclic) bond motifs is 4. The molecule has 3 aliphatic heterocycles. The Balaban J connectivity index is 2.27. The molecular formula is C11H9NO5. The summed E-state index contributed by atoms with van der Waals surface area (Å²) in [5.74, 6) is -2.21. The summed E-state index contributed by atoms with van der Waals surface area (Å²) in [6.07, 6.45) is 1.40. The van der Waals surface area contributed by atoms with Gasteiger partial charge in [0.15, 0.2) is 0 Å². The summed E-state index contributed by atoms with van der Waals surface area (Å²) in [6, 6.07) is 0. The van der Waals surface area contributed by atoms with E-state index >= 15 is 0 Å². The molecule has 0 radical (unpaired) electrons. The van der Waals surface area contributed by atoms with Crippen molar-refractivity contribution in [3.05, 3.63) is 22.8 Å². The molecule has 0 saturated carbocycles. The van der Waals surface area contributed by atoms with Gasteiger partial charge in [-0.15, -0.1) is 0 Å². The van der Waals surface area contributed by atoms with E-state index in [1.807, 2.05) is 0 Å². The Kier molecular flexibility index (Phi) is 1.49. The van der Waals surface area contributed by atoms with Crippen LogP contribution >= 0.6 is 0 Å². The van der Waals surface area contributed by atoms with Crippen LogP contribution in [0.15, 0.2) is 22.8 Å². The number of aliphatic carboxylic acids is 1. The molecule has 6 heteroatoms. The zero-order chi connectivity index (χ0) is 12.6. The van der Waals surface area contributed by atoms with Crippen molar-refractivity contribution in [3.8, 4) is 0 Å². The van der Waals surface area contributed by atoms with Crippen molar-refractivity contribution in [1.82, 2.24) is 5.32 Å². The van der Waals surface area contributed by atoms with E-state index < -0.39 is 29.0 Å². The second-order valence-corrected chi connectivity index (χ2v) is 4.64. The van der Waals surface area contributed by atoms with Crippen LogP contribution in [0.25, 0.3) is 0 Å². The van der Waals surface area contributed by atoms with E-state index in [0.29, 0.717) is 0 Å². The number of nitrogens with one attached hydrogen (secondary N) is 1. The zero-order valence-electron chi connectivity index (χ0n) is 9.16. The van der Waals surface area contributed by atoms with Crippen molar-refractivity contribution in [2.75, 3.05) is 0 Å². The fourth-order valence-electron chi connectivity index (χ4n) is 2.88. The number of amides is 2.